The van der Waals surface area contributed by atoms with Crippen LogP contribution in [-0.4, -0.2) is 57.0 Å². The second kappa shape index (κ2) is 6.84. The molecular weight excluding hydrogens is 328 g/mol. The minimum Gasteiger partial charge on any atom is -0.336 e. The maximum atomic E-state index is 13.0. The van der Waals surface area contributed by atoms with Crippen LogP contribution in [-0.2, 0) is 0 Å². The van der Waals surface area contributed by atoms with Gasteiger partial charge in [-0.05, 0) is 38.9 Å². The minimum absolute atomic E-state index is 0.0538. The van der Waals surface area contributed by atoms with Gasteiger partial charge in [0, 0.05) is 30.7 Å². The number of hydrogen-bond acceptors (Lipinski definition) is 5. The molecule has 1 aliphatic heterocycles. The van der Waals surface area contributed by atoms with Crippen molar-refractivity contribution in [3.05, 3.63) is 47.9 Å². The van der Waals surface area contributed by atoms with Crippen molar-refractivity contribution in [3.63, 3.8) is 0 Å². The molecule has 1 N–H and O–H groups in total. The van der Waals surface area contributed by atoms with Crippen LogP contribution in [0.5, 0.6) is 0 Å². The standard InChI is InChI=1S/C19H22N6O/c1-13-17(19(26)24-11-5-8-15(12-24)20-2)22-23-25(13)16-9-3-6-14-7-4-10-21-18(14)16/h3-4,6-7,9-10,15,20H,5,8,11-12H2,1-2H3/t15-/m0/s1. The second-order valence-corrected chi connectivity index (χ2v) is 6.67. The molecular formula is C19H22N6O. The first-order chi connectivity index (χ1) is 12.7. The number of benzene rings is 1. The minimum atomic E-state index is -0.0538. The molecule has 2 aromatic heterocycles. The first-order valence-corrected chi connectivity index (χ1v) is 8.92. The largest absolute Gasteiger partial charge is 0.336 e. The smallest absolute Gasteiger partial charge is 0.276 e. The highest BCUT2D eigenvalue weighted by atomic mass is 16.2. The third kappa shape index (κ3) is 2.84. The summed E-state index contributed by atoms with van der Waals surface area (Å²) in [6, 6.07) is 10.2. The van der Waals surface area contributed by atoms with Crippen LogP contribution in [0, 0.1) is 6.92 Å². The topological polar surface area (TPSA) is 75.9 Å². The average Bonchev–Trinajstić information content (AvgIpc) is 3.08. The zero-order valence-electron chi connectivity index (χ0n) is 15.0. The van der Waals surface area contributed by atoms with E-state index in [1.54, 1.807) is 10.9 Å². The Hall–Kier alpha value is -2.80. The van der Waals surface area contributed by atoms with Crippen LogP contribution >= 0.6 is 0 Å². The summed E-state index contributed by atoms with van der Waals surface area (Å²) < 4.78 is 1.71. The lowest BCUT2D eigenvalue weighted by molar-refractivity contribution is 0.0691. The van der Waals surface area contributed by atoms with Crippen LogP contribution in [0.4, 0.5) is 0 Å². The zero-order valence-corrected chi connectivity index (χ0v) is 15.0. The average molecular weight is 350 g/mol. The molecule has 0 bridgehead atoms. The van der Waals surface area contributed by atoms with Gasteiger partial charge in [-0.15, -0.1) is 5.10 Å². The molecule has 1 amide bonds. The SMILES string of the molecule is CN[C@H]1CCCN(C(=O)c2nnn(-c3cccc4cccnc34)c2C)C1. The van der Waals surface area contributed by atoms with E-state index >= 15 is 0 Å². The summed E-state index contributed by atoms with van der Waals surface area (Å²) in [5.41, 5.74) is 2.82. The molecule has 0 saturated carbocycles. The number of carbonyl (C=O) groups excluding carboxylic acids is 1. The quantitative estimate of drug-likeness (QED) is 0.781. The molecule has 1 aromatic carbocycles. The summed E-state index contributed by atoms with van der Waals surface area (Å²) >= 11 is 0. The van der Waals surface area contributed by atoms with Gasteiger partial charge in [-0.3, -0.25) is 9.78 Å². The predicted octanol–water partition coefficient (Wildman–Crippen LogP) is 1.95. The van der Waals surface area contributed by atoms with E-state index in [1.165, 1.54) is 0 Å². The van der Waals surface area contributed by atoms with Gasteiger partial charge >= 0.3 is 0 Å². The number of amides is 1. The second-order valence-electron chi connectivity index (χ2n) is 6.67. The third-order valence-electron chi connectivity index (χ3n) is 5.05. The van der Waals surface area contributed by atoms with Gasteiger partial charge in [0.15, 0.2) is 5.69 Å². The summed E-state index contributed by atoms with van der Waals surface area (Å²) in [6.07, 6.45) is 3.85. The Morgan fingerprint density at radius 3 is 2.96 bits per heavy atom. The molecule has 0 spiro atoms. The van der Waals surface area contributed by atoms with Crippen LogP contribution in [0.3, 0.4) is 0 Å². The lowest BCUT2D eigenvalue weighted by atomic mass is 10.1. The number of piperidine rings is 1. The number of fused-ring (bicyclic) bond motifs is 1. The molecule has 4 rings (SSSR count). The summed E-state index contributed by atoms with van der Waals surface area (Å²) in [6.45, 7) is 3.35. The van der Waals surface area contributed by atoms with Crippen molar-refractivity contribution in [1.82, 2.24) is 30.2 Å². The number of rotatable bonds is 3. The van der Waals surface area contributed by atoms with Crippen molar-refractivity contribution in [2.75, 3.05) is 20.1 Å². The first-order valence-electron chi connectivity index (χ1n) is 8.92. The number of likely N-dealkylation sites (tertiary alicyclic amines) is 1. The highest BCUT2D eigenvalue weighted by Crippen LogP contribution is 2.22. The summed E-state index contributed by atoms with van der Waals surface area (Å²) in [4.78, 5) is 19.3. The van der Waals surface area contributed by atoms with Crippen molar-refractivity contribution in [1.29, 1.82) is 0 Å². The lowest BCUT2D eigenvalue weighted by Gasteiger charge is -2.32. The van der Waals surface area contributed by atoms with Gasteiger partial charge in [0.2, 0.25) is 0 Å². The molecule has 0 radical (unpaired) electrons. The Labute approximate surface area is 152 Å². The van der Waals surface area contributed by atoms with Crippen LogP contribution in [0.2, 0.25) is 0 Å². The van der Waals surface area contributed by atoms with Crippen molar-refractivity contribution in [2.45, 2.75) is 25.8 Å². The molecule has 7 nitrogen and oxygen atoms in total. The van der Waals surface area contributed by atoms with Crippen molar-refractivity contribution >= 4 is 16.8 Å². The number of pyridine rings is 1. The predicted molar refractivity (Wildman–Crippen MR) is 99.4 cm³/mol. The fourth-order valence-electron chi connectivity index (χ4n) is 3.56. The highest BCUT2D eigenvalue weighted by Gasteiger charge is 2.27. The highest BCUT2D eigenvalue weighted by molar-refractivity contribution is 5.94. The van der Waals surface area contributed by atoms with Gasteiger partial charge in [-0.1, -0.05) is 23.4 Å². The van der Waals surface area contributed by atoms with Gasteiger partial charge in [-0.2, -0.15) is 0 Å². The van der Waals surface area contributed by atoms with E-state index in [1.807, 2.05) is 49.2 Å². The maximum Gasteiger partial charge on any atom is 0.276 e. The number of nitrogens with zero attached hydrogens (tertiary/aromatic N) is 5. The van der Waals surface area contributed by atoms with Crippen LogP contribution < -0.4 is 5.32 Å². The normalized spacial score (nSPS) is 17.6. The van der Waals surface area contributed by atoms with E-state index in [0.29, 0.717) is 18.3 Å². The maximum absolute atomic E-state index is 13.0. The zero-order chi connectivity index (χ0) is 18.1. The number of aromatic nitrogens is 4. The van der Waals surface area contributed by atoms with E-state index in [0.717, 1.165) is 41.7 Å². The van der Waals surface area contributed by atoms with E-state index in [4.69, 9.17) is 0 Å². The molecule has 1 saturated heterocycles. The van der Waals surface area contributed by atoms with E-state index in [-0.39, 0.29) is 5.91 Å². The molecule has 7 heteroatoms. The summed E-state index contributed by atoms with van der Waals surface area (Å²) in [5.74, 6) is -0.0538. The molecule has 134 valence electrons. The van der Waals surface area contributed by atoms with Crippen LogP contribution in [0.25, 0.3) is 16.6 Å². The number of hydrogen-bond donors (Lipinski definition) is 1. The van der Waals surface area contributed by atoms with Gasteiger partial charge in [0.1, 0.15) is 0 Å². The van der Waals surface area contributed by atoms with Crippen molar-refractivity contribution < 1.29 is 4.79 Å². The van der Waals surface area contributed by atoms with Gasteiger partial charge < -0.3 is 10.2 Å². The summed E-state index contributed by atoms with van der Waals surface area (Å²) in [7, 11) is 1.94. The van der Waals surface area contributed by atoms with E-state index in [2.05, 4.69) is 20.6 Å². The van der Waals surface area contributed by atoms with Gasteiger partial charge in [0.25, 0.3) is 5.91 Å². The van der Waals surface area contributed by atoms with Crippen molar-refractivity contribution in [3.8, 4) is 5.69 Å². The first kappa shape index (κ1) is 16.7. The molecule has 1 atom stereocenters. The Kier molecular flexibility index (Phi) is 4.38. The van der Waals surface area contributed by atoms with E-state index < -0.39 is 0 Å². The fourth-order valence-corrected chi connectivity index (χ4v) is 3.56. The molecule has 0 aliphatic carbocycles. The molecule has 3 heterocycles. The fraction of sp³-hybridized carbons (Fsp3) is 0.368. The van der Waals surface area contributed by atoms with Gasteiger partial charge in [-0.25, -0.2) is 4.68 Å². The Morgan fingerprint density at radius 1 is 1.27 bits per heavy atom. The third-order valence-corrected chi connectivity index (χ3v) is 5.05. The number of carbonyl (C=O) groups is 1. The number of nitrogens with one attached hydrogen (secondary N) is 1. The molecule has 1 fully saturated rings. The number of para-hydroxylation sites is 1. The molecule has 3 aromatic rings. The number of likely N-dealkylation sites (N-methyl/N-ethyl adjacent to an activating group) is 1. The Balaban J connectivity index is 1.69. The Morgan fingerprint density at radius 2 is 2.12 bits per heavy atom. The van der Waals surface area contributed by atoms with E-state index in [9.17, 15) is 4.79 Å². The molecule has 26 heavy (non-hydrogen) atoms. The van der Waals surface area contributed by atoms with Crippen molar-refractivity contribution in [2.24, 2.45) is 0 Å². The molecule has 0 unspecified atom stereocenters. The Bertz CT molecular complexity index is 945. The van der Waals surface area contributed by atoms with Crippen LogP contribution in [0.15, 0.2) is 36.5 Å². The lowest BCUT2D eigenvalue weighted by Crippen LogP contribution is -2.47. The monoisotopic (exact) mass is 350 g/mol. The summed E-state index contributed by atoms with van der Waals surface area (Å²) in [5, 5.41) is 12.7. The molecule has 1 aliphatic rings. The van der Waals surface area contributed by atoms with Crippen LogP contribution in [0.1, 0.15) is 29.0 Å². The van der Waals surface area contributed by atoms with Gasteiger partial charge in [0.05, 0.1) is 16.9 Å².